The van der Waals surface area contributed by atoms with Crippen LogP contribution in [0, 0.1) is 0 Å². The first kappa shape index (κ1) is 23.5. The maximum Gasteiger partial charge on any atom is 0.252 e. The van der Waals surface area contributed by atoms with Crippen molar-refractivity contribution in [1.29, 1.82) is 0 Å². The number of rotatable bonds is 8. The molecule has 6 rings (SSSR count). The number of aromatic amines is 1. The Bertz CT molecular complexity index is 1440. The summed E-state index contributed by atoms with van der Waals surface area (Å²) in [6.07, 6.45) is 5.85. The minimum Gasteiger partial charge on any atom is -0.497 e. The highest BCUT2D eigenvalue weighted by Crippen LogP contribution is 2.35. The summed E-state index contributed by atoms with van der Waals surface area (Å²) in [6, 6.07) is 14.0. The molecular formula is C27H30N6O4. The molecule has 1 aliphatic heterocycles. The molecule has 1 saturated carbocycles. The largest absolute Gasteiger partial charge is 0.497 e. The zero-order chi connectivity index (χ0) is 25.2. The highest BCUT2D eigenvalue weighted by atomic mass is 16.7. The normalized spacial score (nSPS) is 15.5. The lowest BCUT2D eigenvalue weighted by Crippen LogP contribution is -2.29. The number of ether oxygens (including phenoxy) is 3. The van der Waals surface area contributed by atoms with Gasteiger partial charge in [-0.25, -0.2) is 4.68 Å². The van der Waals surface area contributed by atoms with Gasteiger partial charge in [-0.2, -0.15) is 0 Å². The molecule has 192 valence electrons. The van der Waals surface area contributed by atoms with Crippen molar-refractivity contribution in [3.05, 3.63) is 69.8 Å². The Morgan fingerprint density at radius 3 is 2.59 bits per heavy atom. The average molecular weight is 503 g/mol. The summed E-state index contributed by atoms with van der Waals surface area (Å²) in [5, 5.41) is 13.6. The van der Waals surface area contributed by atoms with E-state index in [-0.39, 0.29) is 12.4 Å². The lowest BCUT2D eigenvalue weighted by atomic mass is 9.95. The zero-order valence-corrected chi connectivity index (χ0v) is 20.9. The molecule has 0 amide bonds. The number of nitrogens with one attached hydrogen (secondary N) is 1. The molecular weight excluding hydrogens is 472 g/mol. The number of pyridine rings is 1. The summed E-state index contributed by atoms with van der Waals surface area (Å²) in [5.74, 6) is 2.96. The van der Waals surface area contributed by atoms with E-state index in [1.54, 1.807) is 7.11 Å². The third-order valence-electron chi connectivity index (χ3n) is 7.22. The first-order chi connectivity index (χ1) is 18.2. The molecule has 0 unspecified atom stereocenters. The van der Waals surface area contributed by atoms with E-state index in [1.807, 2.05) is 47.1 Å². The van der Waals surface area contributed by atoms with Gasteiger partial charge in [0.05, 0.1) is 25.2 Å². The Labute approximate surface area is 214 Å². The molecule has 1 N–H and O–H groups in total. The van der Waals surface area contributed by atoms with Gasteiger partial charge >= 0.3 is 0 Å². The van der Waals surface area contributed by atoms with Crippen LogP contribution >= 0.6 is 0 Å². The molecule has 4 aromatic rings. The molecule has 0 bridgehead atoms. The van der Waals surface area contributed by atoms with Crippen molar-refractivity contribution in [2.75, 3.05) is 13.9 Å². The SMILES string of the molecule is COc1ccc(CN(Cc2cc3cc4c(cc3[nH]c2=O)OCO4)Cc2nnnn2C2CCCCC2)cc1. The van der Waals surface area contributed by atoms with Gasteiger partial charge in [0.2, 0.25) is 6.79 Å². The maximum atomic E-state index is 13.1. The molecule has 0 atom stereocenters. The van der Waals surface area contributed by atoms with Crippen molar-refractivity contribution in [2.24, 2.45) is 0 Å². The highest BCUT2D eigenvalue weighted by Gasteiger charge is 2.22. The number of fused-ring (bicyclic) bond motifs is 2. The summed E-state index contributed by atoms with van der Waals surface area (Å²) in [5.41, 5.74) is 2.37. The van der Waals surface area contributed by atoms with E-state index in [2.05, 4.69) is 25.4 Å². The van der Waals surface area contributed by atoms with Gasteiger partial charge in [-0.1, -0.05) is 31.4 Å². The molecule has 2 aromatic heterocycles. The van der Waals surface area contributed by atoms with Gasteiger partial charge in [-0.15, -0.1) is 5.10 Å². The molecule has 0 spiro atoms. The maximum absolute atomic E-state index is 13.1. The van der Waals surface area contributed by atoms with Crippen molar-refractivity contribution < 1.29 is 14.2 Å². The fraction of sp³-hybridized carbons (Fsp3) is 0.407. The average Bonchev–Trinajstić information content (AvgIpc) is 3.58. The summed E-state index contributed by atoms with van der Waals surface area (Å²) in [4.78, 5) is 18.3. The highest BCUT2D eigenvalue weighted by molar-refractivity contribution is 5.83. The van der Waals surface area contributed by atoms with Gasteiger partial charge in [0, 0.05) is 30.1 Å². The molecule has 2 aliphatic rings. The van der Waals surface area contributed by atoms with Crippen LogP contribution in [0.25, 0.3) is 10.9 Å². The summed E-state index contributed by atoms with van der Waals surface area (Å²) in [6.45, 7) is 1.77. The Balaban J connectivity index is 1.30. The molecule has 1 fully saturated rings. The first-order valence-corrected chi connectivity index (χ1v) is 12.7. The minimum atomic E-state index is -0.127. The monoisotopic (exact) mass is 502 g/mol. The fourth-order valence-electron chi connectivity index (χ4n) is 5.28. The van der Waals surface area contributed by atoms with E-state index < -0.39 is 0 Å². The molecule has 3 heterocycles. The van der Waals surface area contributed by atoms with Crippen LogP contribution in [0.5, 0.6) is 17.2 Å². The van der Waals surface area contributed by atoms with Crippen LogP contribution in [0.2, 0.25) is 0 Å². The second-order valence-electron chi connectivity index (χ2n) is 9.74. The Kier molecular flexibility index (Phi) is 6.48. The number of nitrogens with zero attached hydrogens (tertiary/aromatic N) is 5. The lowest BCUT2D eigenvalue weighted by molar-refractivity contribution is 0.174. The second kappa shape index (κ2) is 10.2. The van der Waals surface area contributed by atoms with Gasteiger partial charge in [0.15, 0.2) is 17.3 Å². The summed E-state index contributed by atoms with van der Waals surface area (Å²) < 4.78 is 18.3. The smallest absolute Gasteiger partial charge is 0.252 e. The third kappa shape index (κ3) is 5.01. The Hall–Kier alpha value is -3.92. The first-order valence-electron chi connectivity index (χ1n) is 12.7. The molecule has 1 aliphatic carbocycles. The number of benzene rings is 2. The van der Waals surface area contributed by atoms with Gasteiger partial charge in [-0.05, 0) is 53.1 Å². The lowest BCUT2D eigenvalue weighted by Gasteiger charge is -2.25. The molecule has 37 heavy (non-hydrogen) atoms. The fourth-order valence-corrected chi connectivity index (χ4v) is 5.28. The quantitative estimate of drug-likeness (QED) is 0.386. The van der Waals surface area contributed by atoms with Gasteiger partial charge in [0.1, 0.15) is 5.75 Å². The number of H-pyrrole nitrogens is 1. The van der Waals surface area contributed by atoms with E-state index in [9.17, 15) is 4.79 Å². The van der Waals surface area contributed by atoms with Crippen LogP contribution in [-0.4, -0.2) is 44.0 Å². The number of aromatic nitrogens is 5. The van der Waals surface area contributed by atoms with E-state index >= 15 is 0 Å². The number of methoxy groups -OCH3 is 1. The molecule has 0 saturated heterocycles. The predicted molar refractivity (Wildman–Crippen MR) is 137 cm³/mol. The van der Waals surface area contributed by atoms with Crippen molar-refractivity contribution in [3.63, 3.8) is 0 Å². The van der Waals surface area contributed by atoms with Gasteiger partial charge in [-0.3, -0.25) is 9.69 Å². The van der Waals surface area contributed by atoms with Crippen molar-refractivity contribution in [3.8, 4) is 17.2 Å². The van der Waals surface area contributed by atoms with Crippen LogP contribution in [0.15, 0.2) is 47.3 Å². The van der Waals surface area contributed by atoms with Crippen LogP contribution in [0.3, 0.4) is 0 Å². The number of hydrogen-bond acceptors (Lipinski definition) is 8. The van der Waals surface area contributed by atoms with Crippen molar-refractivity contribution in [2.45, 2.75) is 57.8 Å². The zero-order valence-electron chi connectivity index (χ0n) is 20.9. The standard InChI is InChI=1S/C27H30N6O4/c1-35-22-9-7-18(8-10-22)14-32(16-26-29-30-31-33(26)21-5-3-2-4-6-21)15-20-11-19-12-24-25(37-17-36-24)13-23(19)28-27(20)34/h7-13,21H,2-6,14-17H2,1H3,(H,28,34). The van der Waals surface area contributed by atoms with E-state index in [0.29, 0.717) is 42.7 Å². The second-order valence-corrected chi connectivity index (χ2v) is 9.74. The van der Waals surface area contributed by atoms with Gasteiger partial charge in [0.25, 0.3) is 5.56 Å². The molecule has 10 nitrogen and oxygen atoms in total. The predicted octanol–water partition coefficient (Wildman–Crippen LogP) is 3.96. The Morgan fingerprint density at radius 1 is 1.03 bits per heavy atom. The minimum absolute atomic E-state index is 0.127. The van der Waals surface area contributed by atoms with Crippen molar-refractivity contribution >= 4 is 10.9 Å². The van der Waals surface area contributed by atoms with Crippen LogP contribution in [0.1, 0.15) is 55.1 Å². The Morgan fingerprint density at radius 2 is 1.81 bits per heavy atom. The molecule has 2 aromatic carbocycles. The van der Waals surface area contributed by atoms with Crippen LogP contribution < -0.4 is 19.8 Å². The van der Waals surface area contributed by atoms with Crippen molar-refractivity contribution in [1.82, 2.24) is 30.1 Å². The van der Waals surface area contributed by atoms with Crippen LogP contribution in [-0.2, 0) is 19.6 Å². The van der Waals surface area contributed by atoms with E-state index in [1.165, 1.54) is 19.3 Å². The van der Waals surface area contributed by atoms with E-state index in [4.69, 9.17) is 14.2 Å². The molecule has 0 radical (unpaired) electrons. The number of tetrazole rings is 1. The summed E-state index contributed by atoms with van der Waals surface area (Å²) >= 11 is 0. The molecule has 10 heteroatoms. The number of hydrogen-bond donors (Lipinski definition) is 1. The topological polar surface area (TPSA) is 107 Å². The van der Waals surface area contributed by atoms with Crippen LogP contribution in [0.4, 0.5) is 0 Å². The van der Waals surface area contributed by atoms with E-state index in [0.717, 1.165) is 40.9 Å². The van der Waals surface area contributed by atoms with Gasteiger partial charge < -0.3 is 19.2 Å². The summed E-state index contributed by atoms with van der Waals surface area (Å²) in [7, 11) is 1.66. The third-order valence-corrected chi connectivity index (χ3v) is 7.22.